The molecular weight excluding hydrogens is 448 g/mol. The van der Waals surface area contributed by atoms with Gasteiger partial charge in [-0.1, -0.05) is 30.3 Å². The average molecular weight is 473 g/mol. The van der Waals surface area contributed by atoms with E-state index in [1.165, 1.54) is 7.05 Å². The lowest BCUT2D eigenvalue weighted by atomic mass is 9.92. The van der Waals surface area contributed by atoms with Gasteiger partial charge in [0.05, 0.1) is 17.0 Å². The monoisotopic (exact) mass is 472 g/mol. The average Bonchev–Trinajstić information content (AvgIpc) is 3.22. The summed E-state index contributed by atoms with van der Waals surface area (Å²) in [5, 5.41) is 7.77. The van der Waals surface area contributed by atoms with Crippen molar-refractivity contribution >= 4 is 46.1 Å². The molecular formula is C22H24N4O6S. The standard InChI is InChI=1S/C22H24N4O6S/c1-5-32-19(29)15-12(2)16(17(28)23-4)33-18(15)24-14(27)11-26-20(30)22(3,25-21(26)31)13-9-7-6-8-10-13/h6-10H,5,11H2,1-4H3,(H,23,28)(H,24,27)(H,25,31). The van der Waals surface area contributed by atoms with E-state index in [1.807, 2.05) is 0 Å². The lowest BCUT2D eigenvalue weighted by Gasteiger charge is -2.22. The molecule has 5 amide bonds. The van der Waals surface area contributed by atoms with Crippen molar-refractivity contribution in [2.45, 2.75) is 26.3 Å². The second-order valence-corrected chi connectivity index (χ2v) is 8.44. The zero-order chi connectivity index (χ0) is 24.3. The molecule has 0 saturated carbocycles. The highest BCUT2D eigenvalue weighted by Gasteiger charge is 2.49. The van der Waals surface area contributed by atoms with E-state index in [0.29, 0.717) is 11.1 Å². The van der Waals surface area contributed by atoms with E-state index in [2.05, 4.69) is 16.0 Å². The molecule has 1 atom stereocenters. The minimum Gasteiger partial charge on any atom is -0.462 e. The van der Waals surface area contributed by atoms with Crippen LogP contribution in [-0.2, 0) is 19.9 Å². The van der Waals surface area contributed by atoms with Crippen LogP contribution in [0.2, 0.25) is 0 Å². The number of hydrogen-bond donors (Lipinski definition) is 3. The molecule has 1 aromatic heterocycles. The zero-order valence-electron chi connectivity index (χ0n) is 18.6. The Morgan fingerprint density at radius 2 is 1.85 bits per heavy atom. The highest BCUT2D eigenvalue weighted by atomic mass is 32.1. The van der Waals surface area contributed by atoms with Gasteiger partial charge in [0.25, 0.3) is 11.8 Å². The third-order valence-corrected chi connectivity index (χ3v) is 6.45. The number of urea groups is 1. The number of benzene rings is 1. The molecule has 1 aliphatic heterocycles. The fourth-order valence-electron chi connectivity index (χ4n) is 3.50. The van der Waals surface area contributed by atoms with Gasteiger partial charge < -0.3 is 20.7 Å². The molecule has 0 spiro atoms. The van der Waals surface area contributed by atoms with Gasteiger partial charge in [-0.25, -0.2) is 9.59 Å². The Balaban J connectivity index is 1.83. The number of ether oxygens (including phenoxy) is 1. The number of rotatable bonds is 7. The summed E-state index contributed by atoms with van der Waals surface area (Å²) < 4.78 is 5.06. The van der Waals surface area contributed by atoms with Crippen molar-refractivity contribution in [1.82, 2.24) is 15.5 Å². The molecule has 2 heterocycles. The number of nitrogens with zero attached hydrogens (tertiary/aromatic N) is 1. The van der Waals surface area contributed by atoms with Crippen molar-refractivity contribution in [1.29, 1.82) is 0 Å². The molecule has 33 heavy (non-hydrogen) atoms. The van der Waals surface area contributed by atoms with Gasteiger partial charge in [0, 0.05) is 7.05 Å². The molecule has 3 rings (SSSR count). The third kappa shape index (κ3) is 4.44. The van der Waals surface area contributed by atoms with Gasteiger partial charge in [0.1, 0.15) is 17.1 Å². The van der Waals surface area contributed by atoms with E-state index in [0.717, 1.165) is 16.2 Å². The van der Waals surface area contributed by atoms with Crippen LogP contribution >= 0.6 is 11.3 Å². The Morgan fingerprint density at radius 3 is 2.45 bits per heavy atom. The van der Waals surface area contributed by atoms with E-state index in [-0.39, 0.29) is 22.0 Å². The normalized spacial score (nSPS) is 17.5. The van der Waals surface area contributed by atoms with E-state index in [9.17, 15) is 24.0 Å². The molecule has 1 aliphatic rings. The van der Waals surface area contributed by atoms with Gasteiger partial charge in [0.15, 0.2) is 0 Å². The number of anilines is 1. The summed E-state index contributed by atoms with van der Waals surface area (Å²) in [7, 11) is 1.45. The van der Waals surface area contributed by atoms with E-state index in [1.54, 1.807) is 51.1 Å². The van der Waals surface area contributed by atoms with Crippen LogP contribution in [0.25, 0.3) is 0 Å². The first kappa shape index (κ1) is 23.9. The second-order valence-electron chi connectivity index (χ2n) is 7.42. The quantitative estimate of drug-likeness (QED) is 0.417. The van der Waals surface area contributed by atoms with Crippen molar-refractivity contribution < 1.29 is 28.7 Å². The van der Waals surface area contributed by atoms with Crippen LogP contribution < -0.4 is 16.0 Å². The van der Waals surface area contributed by atoms with Gasteiger partial charge >= 0.3 is 12.0 Å². The first-order valence-corrected chi connectivity index (χ1v) is 11.0. The molecule has 11 heteroatoms. The summed E-state index contributed by atoms with van der Waals surface area (Å²) in [6.45, 7) is 4.32. The number of esters is 1. The molecule has 0 bridgehead atoms. The number of carbonyl (C=O) groups excluding carboxylic acids is 5. The molecule has 1 fully saturated rings. The molecule has 3 N–H and O–H groups in total. The Hall–Kier alpha value is -3.73. The summed E-state index contributed by atoms with van der Waals surface area (Å²) in [6, 6.07) is 7.99. The van der Waals surface area contributed by atoms with Crippen LogP contribution in [0.15, 0.2) is 30.3 Å². The van der Waals surface area contributed by atoms with Crippen LogP contribution in [0.4, 0.5) is 9.80 Å². The molecule has 10 nitrogen and oxygen atoms in total. The lowest BCUT2D eigenvalue weighted by Crippen LogP contribution is -2.42. The van der Waals surface area contributed by atoms with E-state index in [4.69, 9.17) is 4.74 Å². The lowest BCUT2D eigenvalue weighted by molar-refractivity contribution is -0.133. The van der Waals surface area contributed by atoms with Crippen LogP contribution in [-0.4, -0.2) is 54.8 Å². The van der Waals surface area contributed by atoms with Crippen molar-refractivity contribution in [3.05, 3.63) is 51.9 Å². The number of thiophene rings is 1. The molecule has 0 aliphatic carbocycles. The first-order valence-electron chi connectivity index (χ1n) is 10.2. The Morgan fingerprint density at radius 1 is 1.18 bits per heavy atom. The number of imide groups is 1. The van der Waals surface area contributed by atoms with E-state index >= 15 is 0 Å². The highest BCUT2D eigenvalue weighted by Crippen LogP contribution is 2.34. The maximum Gasteiger partial charge on any atom is 0.341 e. The maximum atomic E-state index is 13.0. The van der Waals surface area contributed by atoms with Crippen LogP contribution in [0, 0.1) is 6.92 Å². The summed E-state index contributed by atoms with van der Waals surface area (Å²) >= 11 is 0.909. The largest absolute Gasteiger partial charge is 0.462 e. The molecule has 0 radical (unpaired) electrons. The summed E-state index contributed by atoms with van der Waals surface area (Å²) in [5.74, 6) is -2.39. The third-order valence-electron chi connectivity index (χ3n) is 5.24. The molecule has 1 aromatic carbocycles. The predicted octanol–water partition coefficient (Wildman–Crippen LogP) is 2.00. The van der Waals surface area contributed by atoms with Gasteiger partial charge in [-0.05, 0) is 31.9 Å². The summed E-state index contributed by atoms with van der Waals surface area (Å²) in [5.41, 5.74) is -0.305. The second kappa shape index (κ2) is 9.41. The van der Waals surface area contributed by atoms with Crippen LogP contribution in [0.1, 0.15) is 45.0 Å². The van der Waals surface area contributed by atoms with E-state index < -0.39 is 41.8 Å². The summed E-state index contributed by atoms with van der Waals surface area (Å²) in [6.07, 6.45) is 0. The van der Waals surface area contributed by atoms with Crippen LogP contribution in [0.3, 0.4) is 0 Å². The van der Waals surface area contributed by atoms with Gasteiger partial charge in [-0.15, -0.1) is 11.3 Å². The molecule has 1 saturated heterocycles. The smallest absolute Gasteiger partial charge is 0.341 e. The van der Waals surface area contributed by atoms with Crippen molar-refractivity contribution in [3.63, 3.8) is 0 Å². The Kier molecular flexibility index (Phi) is 6.82. The van der Waals surface area contributed by atoms with Gasteiger partial charge in [-0.2, -0.15) is 0 Å². The zero-order valence-corrected chi connectivity index (χ0v) is 19.4. The number of nitrogens with one attached hydrogen (secondary N) is 3. The SMILES string of the molecule is CCOC(=O)c1c(NC(=O)CN2C(=O)NC(C)(c3ccccc3)C2=O)sc(C(=O)NC)c1C. The number of amides is 5. The van der Waals surface area contributed by atoms with Crippen molar-refractivity contribution in [2.24, 2.45) is 0 Å². The number of carbonyl (C=O) groups is 5. The minimum atomic E-state index is -1.30. The van der Waals surface area contributed by atoms with Crippen molar-refractivity contribution in [3.8, 4) is 0 Å². The first-order chi connectivity index (χ1) is 15.6. The topological polar surface area (TPSA) is 134 Å². The van der Waals surface area contributed by atoms with Crippen molar-refractivity contribution in [2.75, 3.05) is 25.5 Å². The fourth-order valence-corrected chi connectivity index (χ4v) is 4.66. The Labute approximate surface area is 194 Å². The minimum absolute atomic E-state index is 0.0557. The molecule has 2 aromatic rings. The predicted molar refractivity (Wildman–Crippen MR) is 121 cm³/mol. The maximum absolute atomic E-state index is 13.0. The van der Waals surface area contributed by atoms with Gasteiger partial charge in [0.2, 0.25) is 5.91 Å². The fraction of sp³-hybridized carbons (Fsp3) is 0.318. The van der Waals surface area contributed by atoms with Gasteiger partial charge in [-0.3, -0.25) is 19.3 Å². The summed E-state index contributed by atoms with van der Waals surface area (Å²) in [4.78, 5) is 63.9. The van der Waals surface area contributed by atoms with Crippen LogP contribution in [0.5, 0.6) is 0 Å². The highest BCUT2D eigenvalue weighted by molar-refractivity contribution is 7.18. The molecule has 1 unspecified atom stereocenters. The number of hydrogen-bond acceptors (Lipinski definition) is 7. The molecule has 174 valence electrons. The Bertz CT molecular complexity index is 1130.